The maximum Gasteiger partial charge on any atom is 0.573 e. The van der Waals surface area contributed by atoms with Gasteiger partial charge in [0.1, 0.15) is 5.75 Å². The Kier molecular flexibility index (Phi) is 6.09. The van der Waals surface area contributed by atoms with Gasteiger partial charge in [-0.15, -0.1) is 13.2 Å². The zero-order valence-corrected chi connectivity index (χ0v) is 17.4. The fraction of sp³-hybridized carbons (Fsp3) is 0.0870. The molecular weight excluding hydrogens is 453 g/mol. The molecule has 0 aliphatic carbocycles. The van der Waals surface area contributed by atoms with Crippen molar-refractivity contribution in [3.63, 3.8) is 0 Å². The van der Waals surface area contributed by atoms with Gasteiger partial charge in [0.25, 0.3) is 5.91 Å². The van der Waals surface area contributed by atoms with Crippen LogP contribution in [0.4, 0.5) is 18.9 Å². The largest absolute Gasteiger partial charge is 0.573 e. The average Bonchev–Trinajstić information content (AvgIpc) is 3.07. The molecule has 0 spiro atoms. The summed E-state index contributed by atoms with van der Waals surface area (Å²) in [5.41, 5.74) is 0.762. The molecule has 4 rings (SSSR count). The minimum absolute atomic E-state index is 0.0608. The second-order valence-corrected chi connectivity index (χ2v) is 7.13. The lowest BCUT2D eigenvalue weighted by Crippen LogP contribution is -2.25. The molecule has 0 unspecified atom stereocenters. The number of carbonyl (C=O) groups is 1. The summed E-state index contributed by atoms with van der Waals surface area (Å²) in [5, 5.41) is 13.1. The summed E-state index contributed by atoms with van der Waals surface area (Å²) < 4.78 is 43.0. The van der Waals surface area contributed by atoms with E-state index in [2.05, 4.69) is 15.0 Å². The van der Waals surface area contributed by atoms with Crippen molar-refractivity contribution in [1.29, 1.82) is 0 Å². The maximum absolute atomic E-state index is 12.9. The highest BCUT2D eigenvalue weighted by atomic mass is 19.4. The highest BCUT2D eigenvalue weighted by molar-refractivity contribution is 6.05. The number of imidazole rings is 1. The van der Waals surface area contributed by atoms with Crippen LogP contribution in [0.3, 0.4) is 0 Å². The molecule has 1 amide bonds. The van der Waals surface area contributed by atoms with Crippen molar-refractivity contribution in [3.8, 4) is 17.3 Å². The third-order valence-corrected chi connectivity index (χ3v) is 4.79. The van der Waals surface area contributed by atoms with E-state index < -0.39 is 29.6 Å². The van der Waals surface area contributed by atoms with Crippen molar-refractivity contribution >= 4 is 11.6 Å². The summed E-state index contributed by atoms with van der Waals surface area (Å²) in [6.07, 6.45) is -0.842. The molecule has 0 saturated heterocycles. The number of ether oxygens (including phenoxy) is 1. The Balaban J connectivity index is 1.59. The normalized spacial score (nSPS) is 11.3. The van der Waals surface area contributed by atoms with Crippen LogP contribution in [0, 0.1) is 0 Å². The molecule has 0 bridgehead atoms. The van der Waals surface area contributed by atoms with Crippen molar-refractivity contribution in [2.45, 2.75) is 12.9 Å². The van der Waals surface area contributed by atoms with Gasteiger partial charge < -0.3 is 15.2 Å². The zero-order valence-electron chi connectivity index (χ0n) is 17.4. The van der Waals surface area contributed by atoms with Gasteiger partial charge in [-0.2, -0.15) is 0 Å². The molecular formula is C23H17F3N4O4. The Bertz CT molecular complexity index is 1360. The van der Waals surface area contributed by atoms with E-state index in [1.807, 2.05) is 6.07 Å². The molecule has 8 nitrogen and oxygen atoms in total. The summed E-state index contributed by atoms with van der Waals surface area (Å²) in [6.45, 7) is -0.0608. The van der Waals surface area contributed by atoms with E-state index in [1.165, 1.54) is 35.3 Å². The topological polar surface area (TPSA) is 98.4 Å². The predicted molar refractivity (Wildman–Crippen MR) is 116 cm³/mol. The van der Waals surface area contributed by atoms with Crippen LogP contribution in [0.25, 0.3) is 5.69 Å². The second kappa shape index (κ2) is 9.14. The monoisotopic (exact) mass is 470 g/mol. The third-order valence-electron chi connectivity index (χ3n) is 4.79. The fourth-order valence-corrected chi connectivity index (χ4v) is 3.30. The highest BCUT2D eigenvalue weighted by Crippen LogP contribution is 2.24. The van der Waals surface area contributed by atoms with E-state index in [0.29, 0.717) is 11.3 Å². The van der Waals surface area contributed by atoms with Crippen LogP contribution in [0.2, 0.25) is 0 Å². The van der Waals surface area contributed by atoms with Gasteiger partial charge in [0, 0.05) is 18.1 Å². The number of amides is 1. The molecule has 0 aliphatic rings. The Hall–Kier alpha value is -4.54. The van der Waals surface area contributed by atoms with Crippen molar-refractivity contribution < 1.29 is 27.8 Å². The Morgan fingerprint density at radius 2 is 1.76 bits per heavy atom. The molecule has 11 heteroatoms. The summed E-state index contributed by atoms with van der Waals surface area (Å²) >= 11 is 0. The van der Waals surface area contributed by atoms with Crippen LogP contribution >= 0.6 is 0 Å². The summed E-state index contributed by atoms with van der Waals surface area (Å²) in [4.78, 5) is 29.6. The summed E-state index contributed by atoms with van der Waals surface area (Å²) in [7, 11) is 0. The molecule has 0 radical (unpaired) electrons. The lowest BCUT2D eigenvalue weighted by molar-refractivity contribution is -0.274. The van der Waals surface area contributed by atoms with E-state index in [-0.39, 0.29) is 17.8 Å². The molecule has 4 aromatic rings. The lowest BCUT2D eigenvalue weighted by Gasteiger charge is -2.10. The van der Waals surface area contributed by atoms with E-state index in [4.69, 9.17) is 0 Å². The van der Waals surface area contributed by atoms with E-state index in [9.17, 15) is 27.9 Å². The molecule has 174 valence electrons. The van der Waals surface area contributed by atoms with Crippen LogP contribution in [0.5, 0.6) is 11.6 Å². The predicted octanol–water partition coefficient (Wildman–Crippen LogP) is 3.94. The number of carbonyl (C=O) groups excluding carboxylic acids is 1. The molecule has 0 fully saturated rings. The first-order valence-corrected chi connectivity index (χ1v) is 9.88. The number of anilines is 1. The Morgan fingerprint density at radius 3 is 2.44 bits per heavy atom. The van der Waals surface area contributed by atoms with Crippen molar-refractivity contribution in [1.82, 2.24) is 14.1 Å². The number of pyridine rings is 1. The molecule has 2 aromatic carbocycles. The van der Waals surface area contributed by atoms with Crippen molar-refractivity contribution in [3.05, 3.63) is 101 Å². The van der Waals surface area contributed by atoms with Gasteiger partial charge in [-0.05, 0) is 48.0 Å². The van der Waals surface area contributed by atoms with Crippen LogP contribution in [0.1, 0.15) is 15.9 Å². The van der Waals surface area contributed by atoms with Gasteiger partial charge in [0.05, 0.1) is 24.0 Å². The third kappa shape index (κ3) is 5.09. The standard InChI is InChI=1S/C23H17F3N4O4/c24-23(25,26)34-18-8-6-17(7-9-18)30-20(31)14-29(22(30)33)13-15-10-11-27-12-19(15)21(32)28-16-4-2-1-3-5-16/h1-12,14,31H,13H2,(H,28,32). The van der Waals surface area contributed by atoms with Gasteiger partial charge in [-0.3, -0.25) is 14.3 Å². The first-order chi connectivity index (χ1) is 16.2. The molecule has 2 aromatic heterocycles. The number of nitrogens with one attached hydrogen (secondary N) is 1. The van der Waals surface area contributed by atoms with Crippen molar-refractivity contribution in [2.24, 2.45) is 0 Å². The molecule has 2 N–H and O–H groups in total. The van der Waals surface area contributed by atoms with Gasteiger partial charge in [0.2, 0.25) is 5.88 Å². The number of hydrogen-bond acceptors (Lipinski definition) is 5. The number of aromatic hydroxyl groups is 1. The number of rotatable bonds is 6. The van der Waals surface area contributed by atoms with E-state index in [1.54, 1.807) is 30.3 Å². The molecule has 2 heterocycles. The average molecular weight is 470 g/mol. The fourth-order valence-electron chi connectivity index (χ4n) is 3.30. The summed E-state index contributed by atoms with van der Waals surface area (Å²) in [5.74, 6) is -1.32. The quantitative estimate of drug-likeness (QED) is 0.445. The van der Waals surface area contributed by atoms with Crippen LogP contribution in [0.15, 0.2) is 84.0 Å². The molecule has 34 heavy (non-hydrogen) atoms. The second-order valence-electron chi connectivity index (χ2n) is 7.13. The minimum atomic E-state index is -4.85. The number of aromatic nitrogens is 3. The first-order valence-electron chi connectivity index (χ1n) is 9.88. The molecule has 0 aliphatic heterocycles. The smallest absolute Gasteiger partial charge is 0.493 e. The molecule has 0 saturated carbocycles. The minimum Gasteiger partial charge on any atom is -0.493 e. The SMILES string of the molecule is O=C(Nc1ccccc1)c1cnccc1Cn1cc(O)n(-c2ccc(OC(F)(F)F)cc2)c1=O. The van der Waals surface area contributed by atoms with Gasteiger partial charge in [-0.1, -0.05) is 18.2 Å². The Labute approximate surface area is 190 Å². The number of para-hydroxylation sites is 1. The first kappa shape index (κ1) is 22.6. The number of halogens is 3. The van der Waals surface area contributed by atoms with Crippen LogP contribution in [-0.2, 0) is 6.54 Å². The van der Waals surface area contributed by atoms with Gasteiger partial charge in [-0.25, -0.2) is 9.36 Å². The van der Waals surface area contributed by atoms with Crippen LogP contribution in [-0.4, -0.2) is 31.5 Å². The lowest BCUT2D eigenvalue weighted by atomic mass is 10.1. The van der Waals surface area contributed by atoms with Crippen LogP contribution < -0.4 is 15.7 Å². The zero-order chi connectivity index (χ0) is 24.3. The van der Waals surface area contributed by atoms with E-state index >= 15 is 0 Å². The number of hydrogen-bond donors (Lipinski definition) is 2. The summed E-state index contributed by atoms with van der Waals surface area (Å²) in [6, 6.07) is 14.8. The highest BCUT2D eigenvalue weighted by Gasteiger charge is 2.31. The number of nitrogens with zero attached hydrogens (tertiary/aromatic N) is 3. The number of alkyl halides is 3. The van der Waals surface area contributed by atoms with Gasteiger partial charge in [0.15, 0.2) is 0 Å². The molecule has 0 atom stereocenters. The maximum atomic E-state index is 12.9. The van der Waals surface area contributed by atoms with Gasteiger partial charge >= 0.3 is 12.1 Å². The Morgan fingerprint density at radius 1 is 1.06 bits per heavy atom. The van der Waals surface area contributed by atoms with E-state index in [0.717, 1.165) is 16.7 Å². The number of benzene rings is 2. The van der Waals surface area contributed by atoms with Crippen molar-refractivity contribution in [2.75, 3.05) is 5.32 Å².